The van der Waals surface area contributed by atoms with E-state index in [1.165, 1.54) is 24.3 Å². The Morgan fingerprint density at radius 3 is 2.28 bits per heavy atom. The molecule has 0 aromatic heterocycles. The van der Waals surface area contributed by atoms with Gasteiger partial charge in [-0.1, -0.05) is 48.5 Å². The number of quaternary nitrogens is 1. The molecule has 0 saturated carbocycles. The Kier molecular flexibility index (Phi) is 6.32. The van der Waals surface area contributed by atoms with E-state index in [2.05, 4.69) is 70.9 Å². The van der Waals surface area contributed by atoms with Gasteiger partial charge in [0.2, 0.25) is 0 Å². The van der Waals surface area contributed by atoms with E-state index >= 15 is 0 Å². The van der Waals surface area contributed by atoms with E-state index in [-0.39, 0.29) is 0 Å². The van der Waals surface area contributed by atoms with Crippen LogP contribution in [-0.4, -0.2) is 33.3 Å². The highest BCUT2D eigenvalue weighted by atomic mass is 16.5. The van der Waals surface area contributed by atoms with Crippen LogP contribution in [0.2, 0.25) is 0 Å². The first-order valence-corrected chi connectivity index (χ1v) is 10.4. The maximum atomic E-state index is 5.43. The summed E-state index contributed by atoms with van der Waals surface area (Å²) in [6.45, 7) is 6.46. The number of piperazine rings is 1. The van der Waals surface area contributed by atoms with Crippen LogP contribution >= 0.6 is 0 Å². The molecule has 4 heteroatoms. The van der Waals surface area contributed by atoms with Gasteiger partial charge in [0, 0.05) is 29.0 Å². The summed E-state index contributed by atoms with van der Waals surface area (Å²) in [5.41, 5.74) is 5.04. The van der Waals surface area contributed by atoms with E-state index in [4.69, 9.17) is 4.74 Å². The minimum atomic E-state index is 0.755. The fraction of sp³-hybridized carbons (Fsp3) is 0.280. The van der Waals surface area contributed by atoms with Gasteiger partial charge in [-0.25, -0.2) is 0 Å². The highest BCUT2D eigenvalue weighted by molar-refractivity contribution is 5.55. The van der Waals surface area contributed by atoms with E-state index in [0.29, 0.717) is 0 Å². The van der Waals surface area contributed by atoms with Crippen molar-refractivity contribution < 1.29 is 9.64 Å². The number of nitrogens with one attached hydrogen (secondary N) is 2. The fourth-order valence-corrected chi connectivity index (χ4v) is 3.98. The van der Waals surface area contributed by atoms with Crippen LogP contribution in [0.15, 0.2) is 78.9 Å². The quantitative estimate of drug-likeness (QED) is 0.651. The number of benzene rings is 3. The lowest BCUT2D eigenvalue weighted by molar-refractivity contribution is -0.914. The molecular formula is C25H30N3O+. The van der Waals surface area contributed by atoms with Gasteiger partial charge in [-0.05, 0) is 30.3 Å². The van der Waals surface area contributed by atoms with Crippen LogP contribution in [0.5, 0.6) is 5.75 Å². The Hall–Kier alpha value is -2.98. The minimum absolute atomic E-state index is 0.755. The first-order valence-electron chi connectivity index (χ1n) is 10.4. The number of hydrogen-bond donors (Lipinski definition) is 2. The van der Waals surface area contributed by atoms with Crippen LogP contribution in [0.4, 0.5) is 11.4 Å². The predicted molar refractivity (Wildman–Crippen MR) is 120 cm³/mol. The van der Waals surface area contributed by atoms with Gasteiger partial charge in [-0.15, -0.1) is 0 Å². The Morgan fingerprint density at radius 2 is 1.55 bits per heavy atom. The molecule has 0 atom stereocenters. The van der Waals surface area contributed by atoms with Gasteiger partial charge in [0.05, 0.1) is 33.3 Å². The number of anilines is 2. The van der Waals surface area contributed by atoms with Gasteiger partial charge in [0.25, 0.3) is 0 Å². The average molecular weight is 389 g/mol. The van der Waals surface area contributed by atoms with Crippen molar-refractivity contribution in [3.8, 4) is 5.75 Å². The summed E-state index contributed by atoms with van der Waals surface area (Å²) in [5.74, 6) is 0.924. The monoisotopic (exact) mass is 388 g/mol. The molecular weight excluding hydrogens is 358 g/mol. The highest BCUT2D eigenvalue weighted by Crippen LogP contribution is 2.21. The first kappa shape index (κ1) is 19.3. The van der Waals surface area contributed by atoms with Crippen molar-refractivity contribution in [3.05, 3.63) is 90.0 Å². The smallest absolute Gasteiger partial charge is 0.123 e. The maximum Gasteiger partial charge on any atom is 0.123 e. The third-order valence-corrected chi connectivity index (χ3v) is 5.68. The summed E-state index contributed by atoms with van der Waals surface area (Å²) in [5, 5.41) is 3.50. The van der Waals surface area contributed by atoms with E-state index in [1.54, 1.807) is 12.0 Å². The Balaban J connectivity index is 1.28. The topological polar surface area (TPSA) is 28.9 Å². The highest BCUT2D eigenvalue weighted by Gasteiger charge is 2.20. The summed E-state index contributed by atoms with van der Waals surface area (Å²) < 4.78 is 5.43. The minimum Gasteiger partial charge on any atom is -0.496 e. The van der Waals surface area contributed by atoms with Gasteiger partial charge in [0.15, 0.2) is 0 Å². The van der Waals surface area contributed by atoms with Crippen LogP contribution in [0.3, 0.4) is 0 Å². The van der Waals surface area contributed by atoms with E-state index in [0.717, 1.165) is 43.2 Å². The summed E-state index contributed by atoms with van der Waals surface area (Å²) in [6, 6.07) is 27.8. The van der Waals surface area contributed by atoms with Gasteiger partial charge in [0.1, 0.15) is 12.3 Å². The van der Waals surface area contributed by atoms with E-state index in [9.17, 15) is 0 Å². The van der Waals surface area contributed by atoms with Crippen LogP contribution in [0, 0.1) is 0 Å². The van der Waals surface area contributed by atoms with Gasteiger partial charge < -0.3 is 19.9 Å². The van der Waals surface area contributed by atoms with Crippen LogP contribution in [0.1, 0.15) is 11.1 Å². The van der Waals surface area contributed by atoms with E-state index < -0.39 is 0 Å². The molecule has 3 aromatic carbocycles. The fourth-order valence-electron chi connectivity index (χ4n) is 3.98. The molecule has 3 aromatic rings. The molecule has 1 aliphatic rings. The maximum absolute atomic E-state index is 5.43. The standard InChI is InChI=1S/C25H29N3O/c1-29-25-10-6-5-9-22(25)19-26-23-11-13-24(14-12-23)28-17-15-27(16-18-28)20-21-7-3-2-4-8-21/h2-14,26H,15-20H2,1H3/p+1. The van der Waals surface area contributed by atoms with Crippen molar-refractivity contribution in [2.45, 2.75) is 13.1 Å². The van der Waals surface area contributed by atoms with Gasteiger partial charge in [-0.3, -0.25) is 0 Å². The summed E-state index contributed by atoms with van der Waals surface area (Å²) >= 11 is 0. The molecule has 1 heterocycles. The van der Waals surface area contributed by atoms with Crippen molar-refractivity contribution in [2.75, 3.05) is 43.5 Å². The van der Waals surface area contributed by atoms with Crippen LogP contribution in [-0.2, 0) is 13.1 Å². The van der Waals surface area contributed by atoms with Crippen LogP contribution < -0.4 is 19.9 Å². The summed E-state index contributed by atoms with van der Waals surface area (Å²) in [6.07, 6.45) is 0. The molecule has 4 nitrogen and oxygen atoms in total. The van der Waals surface area contributed by atoms with Gasteiger partial charge >= 0.3 is 0 Å². The van der Waals surface area contributed by atoms with E-state index in [1.807, 2.05) is 18.2 Å². The molecule has 0 unspecified atom stereocenters. The third kappa shape index (κ3) is 5.09. The molecule has 0 bridgehead atoms. The number of rotatable bonds is 7. The Morgan fingerprint density at radius 1 is 0.862 bits per heavy atom. The molecule has 29 heavy (non-hydrogen) atoms. The van der Waals surface area contributed by atoms with Crippen molar-refractivity contribution >= 4 is 11.4 Å². The zero-order valence-corrected chi connectivity index (χ0v) is 17.1. The van der Waals surface area contributed by atoms with Crippen molar-refractivity contribution in [3.63, 3.8) is 0 Å². The normalized spacial score (nSPS) is 14.6. The molecule has 150 valence electrons. The molecule has 1 aliphatic heterocycles. The zero-order valence-electron chi connectivity index (χ0n) is 17.1. The number of methoxy groups -OCH3 is 1. The van der Waals surface area contributed by atoms with Crippen molar-refractivity contribution in [1.29, 1.82) is 0 Å². The number of para-hydroxylation sites is 1. The molecule has 1 fully saturated rings. The molecule has 0 radical (unpaired) electrons. The summed E-state index contributed by atoms with van der Waals surface area (Å²) in [7, 11) is 1.72. The summed E-state index contributed by atoms with van der Waals surface area (Å²) in [4.78, 5) is 4.17. The lowest BCUT2D eigenvalue weighted by Crippen LogP contribution is -3.13. The second-order valence-electron chi connectivity index (χ2n) is 7.61. The SMILES string of the molecule is COc1ccccc1CNc1ccc(N2CC[NH+](Cc3ccccc3)CC2)cc1. The third-order valence-electron chi connectivity index (χ3n) is 5.68. The van der Waals surface area contributed by atoms with Crippen LogP contribution in [0.25, 0.3) is 0 Å². The van der Waals surface area contributed by atoms with Crippen molar-refractivity contribution in [2.24, 2.45) is 0 Å². The average Bonchev–Trinajstić information content (AvgIpc) is 2.79. The molecule has 0 aliphatic carbocycles. The second kappa shape index (κ2) is 9.48. The molecule has 0 amide bonds. The Labute approximate surface area is 173 Å². The first-order chi connectivity index (χ1) is 14.3. The largest absolute Gasteiger partial charge is 0.496 e. The number of nitrogens with zero attached hydrogens (tertiary/aromatic N) is 1. The lowest BCUT2D eigenvalue weighted by Gasteiger charge is -2.33. The molecule has 0 spiro atoms. The molecule has 1 saturated heterocycles. The Bertz CT molecular complexity index is 887. The zero-order chi connectivity index (χ0) is 19.9. The molecule has 4 rings (SSSR count). The lowest BCUT2D eigenvalue weighted by atomic mass is 10.1. The predicted octanol–water partition coefficient (Wildman–Crippen LogP) is 3.21. The molecule has 2 N–H and O–H groups in total. The number of hydrogen-bond acceptors (Lipinski definition) is 3. The van der Waals surface area contributed by atoms with Crippen molar-refractivity contribution in [1.82, 2.24) is 0 Å². The second-order valence-corrected chi connectivity index (χ2v) is 7.61. The number of ether oxygens (including phenoxy) is 1. The van der Waals surface area contributed by atoms with Gasteiger partial charge in [-0.2, -0.15) is 0 Å².